The number of guanidine groups is 2. The van der Waals surface area contributed by atoms with Gasteiger partial charge < -0.3 is 11.5 Å². The Balaban J connectivity index is 2.23. The van der Waals surface area contributed by atoms with Crippen LogP contribution in [-0.2, 0) is 6.18 Å². The van der Waals surface area contributed by atoms with E-state index in [0.29, 0.717) is 12.8 Å². The van der Waals surface area contributed by atoms with Crippen LogP contribution in [0.15, 0.2) is 22.1 Å². The molecule has 1 saturated carbocycles. The Hall–Kier alpha value is -2.32. The van der Waals surface area contributed by atoms with E-state index in [-0.39, 0.29) is 17.6 Å². The molecule has 1 heterocycles. The lowest BCUT2D eigenvalue weighted by Gasteiger charge is -2.46. The molecule has 1 spiro atoms. The number of nitrogens with two attached hydrogens (primary N) is 2. The summed E-state index contributed by atoms with van der Waals surface area (Å²) in [6.07, 6.45) is -1.24. The van der Waals surface area contributed by atoms with Crippen molar-refractivity contribution in [2.75, 3.05) is 4.90 Å². The lowest BCUT2D eigenvalue weighted by atomic mass is 9.86. The lowest BCUT2D eigenvalue weighted by Crippen LogP contribution is -2.58. The van der Waals surface area contributed by atoms with Crippen molar-refractivity contribution in [3.05, 3.63) is 29.1 Å². The minimum Gasteiger partial charge on any atom is -0.369 e. The average Bonchev–Trinajstić information content (AvgIpc) is 2.49. The zero-order chi connectivity index (χ0) is 18.4. The van der Waals surface area contributed by atoms with Crippen molar-refractivity contribution in [1.29, 1.82) is 0 Å². The average molecular weight is 357 g/mol. The van der Waals surface area contributed by atoms with Crippen LogP contribution in [0, 0.1) is 12.7 Å². The van der Waals surface area contributed by atoms with Gasteiger partial charge in [0.25, 0.3) is 0 Å². The molecule has 0 radical (unpaired) electrons. The Kier molecular flexibility index (Phi) is 4.12. The van der Waals surface area contributed by atoms with E-state index in [9.17, 15) is 17.6 Å². The van der Waals surface area contributed by atoms with Gasteiger partial charge in [-0.15, -0.1) is 0 Å². The molecule has 0 aromatic heterocycles. The van der Waals surface area contributed by atoms with Gasteiger partial charge in [-0.25, -0.2) is 9.38 Å². The standard InChI is InChI=1S/C16H19F4N5/c1-9-10(17)5-6-11(12(9)16(18,19)20)25-14(22)23-13(21)24-15(25)7-3-2-4-8-15/h5-6H,2-4,7-8H2,1H3,(H4,21,22,23,24). The molecule has 0 atom stereocenters. The summed E-state index contributed by atoms with van der Waals surface area (Å²) in [5.41, 5.74) is 8.88. The number of benzene rings is 1. The third kappa shape index (κ3) is 2.91. The quantitative estimate of drug-likeness (QED) is 0.757. The molecule has 1 aromatic carbocycles. The fourth-order valence-electron chi connectivity index (χ4n) is 3.69. The molecule has 4 N–H and O–H groups in total. The van der Waals surface area contributed by atoms with Gasteiger partial charge >= 0.3 is 6.18 Å². The van der Waals surface area contributed by atoms with Crippen LogP contribution < -0.4 is 16.4 Å². The molecule has 1 aromatic rings. The molecule has 1 fully saturated rings. The first-order valence-corrected chi connectivity index (χ1v) is 8.02. The molecule has 1 aliphatic heterocycles. The van der Waals surface area contributed by atoms with E-state index in [2.05, 4.69) is 9.98 Å². The van der Waals surface area contributed by atoms with Crippen LogP contribution in [0.25, 0.3) is 0 Å². The Morgan fingerprint density at radius 1 is 1.12 bits per heavy atom. The summed E-state index contributed by atoms with van der Waals surface area (Å²) < 4.78 is 54.8. The van der Waals surface area contributed by atoms with E-state index in [0.717, 1.165) is 38.3 Å². The highest BCUT2D eigenvalue weighted by Gasteiger charge is 2.47. The predicted molar refractivity (Wildman–Crippen MR) is 87.7 cm³/mol. The summed E-state index contributed by atoms with van der Waals surface area (Å²) in [7, 11) is 0. The second-order valence-electron chi connectivity index (χ2n) is 6.38. The largest absolute Gasteiger partial charge is 0.418 e. The monoisotopic (exact) mass is 357 g/mol. The second kappa shape index (κ2) is 5.89. The molecule has 0 bridgehead atoms. The summed E-state index contributed by atoms with van der Waals surface area (Å²) in [6, 6.07) is 2.09. The maximum atomic E-state index is 13.8. The van der Waals surface area contributed by atoms with Crippen LogP contribution >= 0.6 is 0 Å². The summed E-state index contributed by atoms with van der Waals surface area (Å²) in [6.45, 7) is 1.10. The first-order valence-electron chi connectivity index (χ1n) is 8.02. The maximum Gasteiger partial charge on any atom is 0.418 e. The number of anilines is 1. The number of alkyl halides is 3. The molecular weight excluding hydrogens is 338 g/mol. The molecule has 1 aliphatic carbocycles. The Morgan fingerprint density at radius 2 is 1.76 bits per heavy atom. The van der Waals surface area contributed by atoms with Crippen LogP contribution in [0.3, 0.4) is 0 Å². The van der Waals surface area contributed by atoms with Crippen molar-refractivity contribution < 1.29 is 17.6 Å². The first-order chi connectivity index (χ1) is 11.7. The van der Waals surface area contributed by atoms with Gasteiger partial charge in [-0.2, -0.15) is 18.2 Å². The number of rotatable bonds is 1. The fourth-order valence-corrected chi connectivity index (χ4v) is 3.69. The Labute approximate surface area is 142 Å². The second-order valence-corrected chi connectivity index (χ2v) is 6.38. The van der Waals surface area contributed by atoms with Crippen molar-refractivity contribution in [1.82, 2.24) is 0 Å². The zero-order valence-electron chi connectivity index (χ0n) is 13.7. The number of halogens is 4. The van der Waals surface area contributed by atoms with Crippen molar-refractivity contribution in [3.63, 3.8) is 0 Å². The topological polar surface area (TPSA) is 80.0 Å². The van der Waals surface area contributed by atoms with Crippen molar-refractivity contribution >= 4 is 17.6 Å². The van der Waals surface area contributed by atoms with Crippen LogP contribution in [0.2, 0.25) is 0 Å². The summed E-state index contributed by atoms with van der Waals surface area (Å²) in [5.74, 6) is -1.14. The number of hydrogen-bond acceptors (Lipinski definition) is 5. The van der Waals surface area contributed by atoms with Gasteiger partial charge in [-0.3, -0.25) is 4.90 Å². The lowest BCUT2D eigenvalue weighted by molar-refractivity contribution is -0.137. The van der Waals surface area contributed by atoms with E-state index in [1.54, 1.807) is 0 Å². The normalized spacial score (nSPS) is 20.4. The minimum absolute atomic E-state index is 0.0527. The smallest absolute Gasteiger partial charge is 0.369 e. The molecule has 3 rings (SSSR count). The molecule has 136 valence electrons. The van der Waals surface area contributed by atoms with Crippen molar-refractivity contribution in [3.8, 4) is 0 Å². The first kappa shape index (κ1) is 17.5. The molecule has 0 amide bonds. The van der Waals surface area contributed by atoms with Crippen molar-refractivity contribution in [2.45, 2.75) is 50.9 Å². The number of hydrogen-bond donors (Lipinski definition) is 2. The predicted octanol–water partition coefficient (Wildman–Crippen LogP) is 3.26. The molecule has 25 heavy (non-hydrogen) atoms. The zero-order valence-corrected chi connectivity index (χ0v) is 13.7. The van der Waals surface area contributed by atoms with E-state index in [4.69, 9.17) is 11.5 Å². The highest BCUT2D eigenvalue weighted by Crippen LogP contribution is 2.45. The number of nitrogens with zero attached hydrogens (tertiary/aromatic N) is 3. The molecule has 0 unspecified atom stereocenters. The third-order valence-corrected chi connectivity index (χ3v) is 4.75. The van der Waals surface area contributed by atoms with Gasteiger partial charge in [0.15, 0.2) is 0 Å². The fraction of sp³-hybridized carbons (Fsp3) is 0.500. The maximum absolute atomic E-state index is 13.8. The van der Waals surface area contributed by atoms with Crippen molar-refractivity contribution in [2.24, 2.45) is 21.5 Å². The summed E-state index contributed by atoms with van der Waals surface area (Å²) in [5, 5.41) is 0. The minimum atomic E-state index is -4.75. The highest BCUT2D eigenvalue weighted by atomic mass is 19.4. The number of aliphatic imine (C=N–C) groups is 2. The van der Waals surface area contributed by atoms with E-state index in [1.165, 1.54) is 4.90 Å². The molecule has 5 nitrogen and oxygen atoms in total. The van der Waals surface area contributed by atoms with Crippen LogP contribution in [0.1, 0.15) is 43.2 Å². The molecular formula is C16H19F4N5. The van der Waals surface area contributed by atoms with Gasteiger partial charge in [-0.1, -0.05) is 6.42 Å². The van der Waals surface area contributed by atoms with E-state index < -0.39 is 28.8 Å². The Bertz CT molecular complexity index is 748. The molecule has 0 saturated heterocycles. The summed E-state index contributed by atoms with van der Waals surface area (Å²) in [4.78, 5) is 9.48. The Morgan fingerprint density at radius 3 is 2.36 bits per heavy atom. The van der Waals surface area contributed by atoms with Gasteiger partial charge in [0.05, 0.1) is 11.3 Å². The molecule has 9 heteroatoms. The highest BCUT2D eigenvalue weighted by molar-refractivity contribution is 6.06. The van der Waals surface area contributed by atoms with Crippen LogP contribution in [0.4, 0.5) is 23.2 Å². The van der Waals surface area contributed by atoms with Gasteiger partial charge in [0, 0.05) is 0 Å². The van der Waals surface area contributed by atoms with Gasteiger partial charge in [0.2, 0.25) is 11.9 Å². The SMILES string of the molecule is Cc1c(F)ccc(N2C(N)=NC(N)=NC23CCCCC3)c1C(F)(F)F. The van der Waals surface area contributed by atoms with E-state index >= 15 is 0 Å². The van der Waals surface area contributed by atoms with Crippen LogP contribution in [-0.4, -0.2) is 17.6 Å². The van der Waals surface area contributed by atoms with Crippen LogP contribution in [0.5, 0.6) is 0 Å². The summed E-state index contributed by atoms with van der Waals surface area (Å²) >= 11 is 0. The van der Waals surface area contributed by atoms with E-state index in [1.807, 2.05) is 0 Å². The van der Waals surface area contributed by atoms with Gasteiger partial charge in [-0.05, 0) is 50.3 Å². The third-order valence-electron chi connectivity index (χ3n) is 4.75. The molecule has 2 aliphatic rings. The van der Waals surface area contributed by atoms with Gasteiger partial charge in [0.1, 0.15) is 11.5 Å².